The highest BCUT2D eigenvalue weighted by molar-refractivity contribution is 6.29. The van der Waals surface area contributed by atoms with Crippen molar-refractivity contribution in [3.63, 3.8) is 0 Å². The molecule has 0 fully saturated rings. The van der Waals surface area contributed by atoms with E-state index < -0.39 is 0 Å². The van der Waals surface area contributed by atoms with Crippen molar-refractivity contribution in [3.05, 3.63) is 46.5 Å². The first-order chi connectivity index (χ1) is 9.95. The van der Waals surface area contributed by atoms with Crippen molar-refractivity contribution < 1.29 is 4.79 Å². The summed E-state index contributed by atoms with van der Waals surface area (Å²) in [6.45, 7) is 7.44. The Morgan fingerprint density at radius 3 is 2.81 bits per heavy atom. The molecule has 2 aromatic rings. The zero-order chi connectivity index (χ0) is 15.4. The van der Waals surface area contributed by atoms with Gasteiger partial charge in [0.15, 0.2) is 0 Å². The minimum absolute atomic E-state index is 0.139. The second kappa shape index (κ2) is 6.72. The molecule has 2 aromatic heterocycles. The Hall–Kier alpha value is -1.88. The van der Waals surface area contributed by atoms with Crippen molar-refractivity contribution in [1.82, 2.24) is 20.1 Å². The highest BCUT2D eigenvalue weighted by Crippen LogP contribution is 2.08. The number of pyridine rings is 1. The lowest BCUT2D eigenvalue weighted by Gasteiger charge is -2.14. The zero-order valence-corrected chi connectivity index (χ0v) is 13.2. The van der Waals surface area contributed by atoms with Crippen molar-refractivity contribution in [2.24, 2.45) is 5.92 Å². The number of carbonyl (C=O) groups is 1. The number of nitrogens with zero attached hydrogens (tertiary/aromatic N) is 3. The highest BCUT2D eigenvalue weighted by atomic mass is 35.5. The quantitative estimate of drug-likeness (QED) is 0.864. The fourth-order valence-electron chi connectivity index (χ4n) is 2.13. The van der Waals surface area contributed by atoms with Gasteiger partial charge in [0.2, 0.25) is 0 Å². The predicted molar refractivity (Wildman–Crippen MR) is 82.4 cm³/mol. The number of hydrogen-bond acceptors (Lipinski definition) is 3. The number of nitrogens with one attached hydrogen (secondary N) is 1. The summed E-state index contributed by atoms with van der Waals surface area (Å²) in [6.07, 6.45) is 1.52. The van der Waals surface area contributed by atoms with Crippen LogP contribution in [0.1, 0.15) is 28.7 Å². The van der Waals surface area contributed by atoms with Crippen molar-refractivity contribution in [2.75, 3.05) is 6.54 Å². The molecule has 0 bridgehead atoms. The summed E-state index contributed by atoms with van der Waals surface area (Å²) < 4.78 is 1.97. The lowest BCUT2D eigenvalue weighted by Crippen LogP contribution is -2.30. The van der Waals surface area contributed by atoms with Gasteiger partial charge >= 0.3 is 0 Å². The summed E-state index contributed by atoms with van der Waals surface area (Å²) >= 11 is 5.78. The van der Waals surface area contributed by atoms with Crippen LogP contribution in [-0.2, 0) is 6.54 Å². The molecule has 5 nitrogen and oxygen atoms in total. The van der Waals surface area contributed by atoms with E-state index in [1.807, 2.05) is 24.6 Å². The normalized spacial score (nSPS) is 12.2. The molecule has 0 aliphatic rings. The number of amides is 1. The van der Waals surface area contributed by atoms with Gasteiger partial charge in [0.25, 0.3) is 5.91 Å². The van der Waals surface area contributed by atoms with E-state index in [-0.39, 0.29) is 11.8 Å². The molecule has 1 amide bonds. The summed E-state index contributed by atoms with van der Waals surface area (Å²) in [7, 11) is 0. The maximum Gasteiger partial charge on any atom is 0.251 e. The van der Waals surface area contributed by atoms with Gasteiger partial charge in [-0.3, -0.25) is 9.48 Å². The lowest BCUT2D eigenvalue weighted by atomic mass is 10.1. The van der Waals surface area contributed by atoms with E-state index in [0.717, 1.165) is 17.9 Å². The van der Waals surface area contributed by atoms with Gasteiger partial charge in [-0.15, -0.1) is 0 Å². The minimum Gasteiger partial charge on any atom is -0.352 e. The largest absolute Gasteiger partial charge is 0.352 e. The van der Waals surface area contributed by atoms with Crippen LogP contribution in [0.4, 0.5) is 0 Å². The molecule has 1 atom stereocenters. The Kier molecular flexibility index (Phi) is 4.96. The van der Waals surface area contributed by atoms with Crippen LogP contribution in [-0.4, -0.2) is 27.2 Å². The molecule has 0 saturated heterocycles. The molecule has 0 aliphatic heterocycles. The summed E-state index contributed by atoms with van der Waals surface area (Å²) in [6, 6.07) is 5.25. The molecule has 6 heteroatoms. The smallest absolute Gasteiger partial charge is 0.251 e. The van der Waals surface area contributed by atoms with Crippen molar-refractivity contribution >= 4 is 17.5 Å². The Morgan fingerprint density at radius 2 is 2.19 bits per heavy atom. The first-order valence-electron chi connectivity index (χ1n) is 6.86. The second-order valence-corrected chi connectivity index (χ2v) is 5.68. The van der Waals surface area contributed by atoms with Crippen LogP contribution >= 0.6 is 11.6 Å². The van der Waals surface area contributed by atoms with E-state index in [1.165, 1.54) is 6.20 Å². The molecule has 21 heavy (non-hydrogen) atoms. The van der Waals surface area contributed by atoms with Gasteiger partial charge in [-0.1, -0.05) is 18.5 Å². The average Bonchev–Trinajstić information content (AvgIpc) is 2.74. The van der Waals surface area contributed by atoms with Crippen LogP contribution in [0.25, 0.3) is 0 Å². The topological polar surface area (TPSA) is 59.8 Å². The molecule has 112 valence electrons. The Morgan fingerprint density at radius 1 is 1.43 bits per heavy atom. The Balaban J connectivity index is 1.88. The van der Waals surface area contributed by atoms with E-state index in [4.69, 9.17) is 11.6 Å². The van der Waals surface area contributed by atoms with Crippen molar-refractivity contribution in [3.8, 4) is 0 Å². The van der Waals surface area contributed by atoms with Gasteiger partial charge in [0, 0.05) is 30.5 Å². The number of aromatic nitrogens is 3. The van der Waals surface area contributed by atoms with Crippen molar-refractivity contribution in [2.45, 2.75) is 27.3 Å². The summed E-state index contributed by atoms with van der Waals surface area (Å²) in [5, 5.41) is 7.65. The summed E-state index contributed by atoms with van der Waals surface area (Å²) in [4.78, 5) is 15.9. The van der Waals surface area contributed by atoms with Crippen LogP contribution in [0.3, 0.4) is 0 Å². The molecular weight excluding hydrogens is 288 g/mol. The van der Waals surface area contributed by atoms with Crippen LogP contribution in [0.2, 0.25) is 5.15 Å². The molecule has 0 radical (unpaired) electrons. The SMILES string of the molecule is Cc1cc(C)n(C[C@@H](C)CNC(=O)c2ccnc(Cl)c2)n1. The predicted octanol–water partition coefficient (Wildman–Crippen LogP) is 2.61. The van der Waals surface area contributed by atoms with Gasteiger partial charge in [0.1, 0.15) is 5.15 Å². The Labute approximate surface area is 129 Å². The van der Waals surface area contributed by atoms with Crippen molar-refractivity contribution in [1.29, 1.82) is 0 Å². The third-order valence-electron chi connectivity index (χ3n) is 3.19. The van der Waals surface area contributed by atoms with E-state index in [9.17, 15) is 4.79 Å². The second-order valence-electron chi connectivity index (χ2n) is 5.29. The maximum absolute atomic E-state index is 12.0. The summed E-state index contributed by atoms with van der Waals surface area (Å²) in [5.74, 6) is 0.142. The van der Waals surface area contributed by atoms with E-state index >= 15 is 0 Å². The number of halogens is 1. The fraction of sp³-hybridized carbons (Fsp3) is 0.400. The first-order valence-corrected chi connectivity index (χ1v) is 7.24. The standard InChI is InChI=1S/C15H19ClN4O/c1-10(9-20-12(3)6-11(2)19-20)8-18-15(21)13-4-5-17-14(16)7-13/h4-7,10H,8-9H2,1-3H3,(H,18,21)/t10-/m0/s1. The van der Waals surface area contributed by atoms with Crippen LogP contribution in [0.5, 0.6) is 0 Å². The molecule has 0 spiro atoms. The van der Waals surface area contributed by atoms with Gasteiger partial charge in [-0.25, -0.2) is 4.98 Å². The molecule has 0 aliphatic carbocycles. The fourth-order valence-corrected chi connectivity index (χ4v) is 2.31. The number of aryl methyl sites for hydroxylation is 2. The highest BCUT2D eigenvalue weighted by Gasteiger charge is 2.10. The van der Waals surface area contributed by atoms with E-state index in [0.29, 0.717) is 17.3 Å². The van der Waals surface area contributed by atoms with Gasteiger partial charge in [0.05, 0.1) is 5.69 Å². The molecule has 0 aromatic carbocycles. The summed E-state index contributed by atoms with van der Waals surface area (Å²) in [5.41, 5.74) is 2.66. The monoisotopic (exact) mass is 306 g/mol. The molecule has 0 unspecified atom stereocenters. The third-order valence-corrected chi connectivity index (χ3v) is 3.39. The maximum atomic E-state index is 12.0. The number of carbonyl (C=O) groups excluding carboxylic acids is 1. The van der Waals surface area contributed by atoms with Crippen LogP contribution in [0, 0.1) is 19.8 Å². The molecule has 2 heterocycles. The average molecular weight is 307 g/mol. The molecule has 1 N–H and O–H groups in total. The van der Waals surface area contributed by atoms with E-state index in [2.05, 4.69) is 22.3 Å². The van der Waals surface area contributed by atoms with Crippen LogP contribution < -0.4 is 5.32 Å². The number of hydrogen-bond donors (Lipinski definition) is 1. The molecule has 2 rings (SSSR count). The molecule has 0 saturated carbocycles. The minimum atomic E-state index is -0.139. The molecular formula is C15H19ClN4O. The van der Waals surface area contributed by atoms with Gasteiger partial charge in [-0.05, 0) is 38.0 Å². The number of rotatable bonds is 5. The van der Waals surface area contributed by atoms with Crippen LogP contribution in [0.15, 0.2) is 24.4 Å². The lowest BCUT2D eigenvalue weighted by molar-refractivity contribution is 0.0946. The first kappa shape index (κ1) is 15.5. The zero-order valence-electron chi connectivity index (χ0n) is 12.4. The third kappa shape index (κ3) is 4.29. The van der Waals surface area contributed by atoms with Gasteiger partial charge < -0.3 is 5.32 Å². The van der Waals surface area contributed by atoms with Gasteiger partial charge in [-0.2, -0.15) is 5.10 Å². The van der Waals surface area contributed by atoms with E-state index in [1.54, 1.807) is 12.1 Å². The Bertz CT molecular complexity index is 638.